The highest BCUT2D eigenvalue weighted by molar-refractivity contribution is 6.30. The normalized spacial score (nSPS) is 17.6. The Kier molecular flexibility index (Phi) is 4.32. The summed E-state index contributed by atoms with van der Waals surface area (Å²) in [6.45, 7) is 2.76. The fraction of sp³-hybridized carbons (Fsp3) is 0.263. The molecule has 1 aliphatic heterocycles. The summed E-state index contributed by atoms with van der Waals surface area (Å²) in [5.74, 6) is 0. The molecule has 3 aromatic rings. The van der Waals surface area contributed by atoms with E-state index in [0.717, 1.165) is 31.1 Å². The van der Waals surface area contributed by atoms with E-state index in [4.69, 9.17) is 11.6 Å². The molecule has 0 bridgehead atoms. The first-order valence-electron chi connectivity index (χ1n) is 8.18. The van der Waals surface area contributed by atoms with Crippen LogP contribution in [-0.4, -0.2) is 26.2 Å². The molecule has 0 amide bonds. The molecule has 0 spiro atoms. The van der Waals surface area contributed by atoms with E-state index in [2.05, 4.69) is 51.4 Å². The quantitative estimate of drug-likeness (QED) is 0.727. The molecule has 0 radical (unpaired) electrons. The molecule has 2 heterocycles. The SMILES string of the molecule is Clc1ccc(CN2CCc3ccccc3C2Cn2cncn2)cc1. The number of hydrogen-bond acceptors (Lipinski definition) is 3. The Morgan fingerprint density at radius 3 is 2.71 bits per heavy atom. The lowest BCUT2D eigenvalue weighted by molar-refractivity contribution is 0.154. The van der Waals surface area contributed by atoms with E-state index < -0.39 is 0 Å². The molecule has 1 aliphatic rings. The lowest BCUT2D eigenvalue weighted by Gasteiger charge is -2.37. The van der Waals surface area contributed by atoms with Gasteiger partial charge in [0.25, 0.3) is 0 Å². The van der Waals surface area contributed by atoms with Crippen molar-refractivity contribution in [2.45, 2.75) is 25.6 Å². The molecule has 0 fully saturated rings. The zero-order valence-electron chi connectivity index (χ0n) is 13.3. The minimum atomic E-state index is 0.298. The van der Waals surface area contributed by atoms with Crippen molar-refractivity contribution < 1.29 is 0 Å². The average Bonchev–Trinajstić information content (AvgIpc) is 3.12. The predicted octanol–water partition coefficient (Wildman–Crippen LogP) is 3.73. The summed E-state index contributed by atoms with van der Waals surface area (Å²) in [6.07, 6.45) is 4.47. The number of rotatable bonds is 4. The molecule has 5 heteroatoms. The average molecular weight is 339 g/mol. The van der Waals surface area contributed by atoms with Crippen molar-refractivity contribution in [2.75, 3.05) is 6.54 Å². The Morgan fingerprint density at radius 1 is 1.08 bits per heavy atom. The van der Waals surface area contributed by atoms with Gasteiger partial charge in [-0.2, -0.15) is 5.10 Å². The number of aromatic nitrogens is 3. The summed E-state index contributed by atoms with van der Waals surface area (Å²) in [5, 5.41) is 5.08. The molecule has 4 nitrogen and oxygen atoms in total. The highest BCUT2D eigenvalue weighted by Gasteiger charge is 2.27. The first-order chi connectivity index (χ1) is 11.8. The summed E-state index contributed by atoms with van der Waals surface area (Å²) >= 11 is 6.01. The third kappa shape index (κ3) is 3.21. The van der Waals surface area contributed by atoms with Crippen LogP contribution in [-0.2, 0) is 19.5 Å². The predicted molar refractivity (Wildman–Crippen MR) is 94.8 cm³/mol. The van der Waals surface area contributed by atoms with E-state index in [1.807, 2.05) is 16.8 Å². The molecule has 0 N–H and O–H groups in total. The van der Waals surface area contributed by atoms with Gasteiger partial charge in [0.15, 0.2) is 0 Å². The fourth-order valence-electron chi connectivity index (χ4n) is 3.44. The van der Waals surface area contributed by atoms with Crippen molar-refractivity contribution in [3.63, 3.8) is 0 Å². The van der Waals surface area contributed by atoms with E-state index in [0.29, 0.717) is 6.04 Å². The largest absolute Gasteiger partial charge is 0.290 e. The molecular formula is C19H19ClN4. The Labute approximate surface area is 146 Å². The minimum absolute atomic E-state index is 0.298. The Balaban J connectivity index is 1.63. The molecule has 122 valence electrons. The number of nitrogens with zero attached hydrogens (tertiary/aromatic N) is 4. The zero-order chi connectivity index (χ0) is 16.4. The molecule has 1 aromatic heterocycles. The molecule has 0 saturated heterocycles. The molecule has 4 rings (SSSR count). The van der Waals surface area contributed by atoms with E-state index in [1.54, 1.807) is 12.7 Å². The third-order valence-electron chi connectivity index (χ3n) is 4.65. The van der Waals surface area contributed by atoms with Crippen molar-refractivity contribution in [1.29, 1.82) is 0 Å². The first kappa shape index (κ1) is 15.4. The molecule has 2 aromatic carbocycles. The lowest BCUT2D eigenvalue weighted by atomic mass is 9.92. The van der Waals surface area contributed by atoms with Gasteiger partial charge in [-0.15, -0.1) is 0 Å². The van der Waals surface area contributed by atoms with Gasteiger partial charge >= 0.3 is 0 Å². The molecule has 0 saturated carbocycles. The topological polar surface area (TPSA) is 34.0 Å². The second kappa shape index (κ2) is 6.75. The zero-order valence-corrected chi connectivity index (χ0v) is 14.1. The summed E-state index contributed by atoms with van der Waals surface area (Å²) < 4.78 is 1.92. The first-order valence-corrected chi connectivity index (χ1v) is 8.56. The second-order valence-corrected chi connectivity index (χ2v) is 6.62. The van der Waals surface area contributed by atoms with E-state index >= 15 is 0 Å². The smallest absolute Gasteiger partial charge is 0.137 e. The number of halogens is 1. The monoisotopic (exact) mass is 338 g/mol. The summed E-state index contributed by atoms with van der Waals surface area (Å²) in [6, 6.07) is 17.2. The van der Waals surface area contributed by atoms with Crippen LogP contribution < -0.4 is 0 Å². The van der Waals surface area contributed by atoms with Crippen molar-refractivity contribution in [2.24, 2.45) is 0 Å². The van der Waals surface area contributed by atoms with Gasteiger partial charge in [-0.25, -0.2) is 4.98 Å². The van der Waals surface area contributed by atoms with Gasteiger partial charge < -0.3 is 0 Å². The maximum absolute atomic E-state index is 6.01. The summed E-state index contributed by atoms with van der Waals surface area (Å²) in [7, 11) is 0. The van der Waals surface area contributed by atoms with Crippen LogP contribution in [0.5, 0.6) is 0 Å². The fourth-order valence-corrected chi connectivity index (χ4v) is 3.56. The minimum Gasteiger partial charge on any atom is -0.290 e. The van der Waals surface area contributed by atoms with Crippen LogP contribution in [0.15, 0.2) is 61.2 Å². The van der Waals surface area contributed by atoms with Gasteiger partial charge in [0.2, 0.25) is 0 Å². The van der Waals surface area contributed by atoms with E-state index in [-0.39, 0.29) is 0 Å². The van der Waals surface area contributed by atoms with Gasteiger partial charge in [-0.1, -0.05) is 48.0 Å². The highest BCUT2D eigenvalue weighted by Crippen LogP contribution is 2.32. The van der Waals surface area contributed by atoms with Crippen molar-refractivity contribution in [3.8, 4) is 0 Å². The van der Waals surface area contributed by atoms with Crippen LogP contribution in [0.2, 0.25) is 5.02 Å². The lowest BCUT2D eigenvalue weighted by Crippen LogP contribution is -2.37. The number of benzene rings is 2. The molecule has 24 heavy (non-hydrogen) atoms. The van der Waals surface area contributed by atoms with Crippen LogP contribution in [0, 0.1) is 0 Å². The molecular weight excluding hydrogens is 320 g/mol. The highest BCUT2D eigenvalue weighted by atomic mass is 35.5. The van der Waals surface area contributed by atoms with Gasteiger partial charge in [0, 0.05) is 18.1 Å². The van der Waals surface area contributed by atoms with Crippen molar-refractivity contribution >= 4 is 11.6 Å². The maximum atomic E-state index is 6.01. The maximum Gasteiger partial charge on any atom is 0.137 e. The van der Waals surface area contributed by atoms with Crippen LogP contribution in [0.25, 0.3) is 0 Å². The summed E-state index contributed by atoms with van der Waals surface area (Å²) in [4.78, 5) is 6.60. The Hall–Kier alpha value is -2.17. The molecule has 1 unspecified atom stereocenters. The van der Waals surface area contributed by atoms with Crippen LogP contribution in [0.4, 0.5) is 0 Å². The van der Waals surface area contributed by atoms with Crippen LogP contribution in [0.3, 0.4) is 0 Å². The number of fused-ring (bicyclic) bond motifs is 1. The van der Waals surface area contributed by atoms with Crippen LogP contribution >= 0.6 is 11.6 Å². The van der Waals surface area contributed by atoms with Gasteiger partial charge in [0.05, 0.1) is 12.6 Å². The van der Waals surface area contributed by atoms with Gasteiger partial charge in [-0.05, 0) is 35.2 Å². The molecule has 1 atom stereocenters. The van der Waals surface area contributed by atoms with E-state index in [9.17, 15) is 0 Å². The van der Waals surface area contributed by atoms with Crippen LogP contribution in [0.1, 0.15) is 22.7 Å². The van der Waals surface area contributed by atoms with Gasteiger partial charge in [0.1, 0.15) is 12.7 Å². The third-order valence-corrected chi connectivity index (χ3v) is 4.90. The van der Waals surface area contributed by atoms with Gasteiger partial charge in [-0.3, -0.25) is 9.58 Å². The second-order valence-electron chi connectivity index (χ2n) is 6.18. The Bertz CT molecular complexity index is 798. The summed E-state index contributed by atoms with van der Waals surface area (Å²) in [5.41, 5.74) is 4.12. The molecule has 0 aliphatic carbocycles. The standard InChI is InChI=1S/C19H19ClN4/c20-17-7-5-15(6-8-17)11-23-10-9-16-3-1-2-4-18(16)19(23)12-24-14-21-13-22-24/h1-8,13-14,19H,9-12H2. The number of hydrogen-bond donors (Lipinski definition) is 0. The Morgan fingerprint density at radius 2 is 1.92 bits per heavy atom. The van der Waals surface area contributed by atoms with Crippen molar-refractivity contribution in [3.05, 3.63) is 82.9 Å². The van der Waals surface area contributed by atoms with E-state index in [1.165, 1.54) is 16.7 Å². The van der Waals surface area contributed by atoms with Crippen molar-refractivity contribution in [1.82, 2.24) is 19.7 Å².